The highest BCUT2D eigenvalue weighted by atomic mass is 32.2. The first kappa shape index (κ1) is 13.4. The van der Waals surface area contributed by atoms with Crippen LogP contribution in [0.15, 0.2) is 24.3 Å². The average molecular weight is 268 g/mol. The van der Waals surface area contributed by atoms with Crippen LogP contribution in [-0.4, -0.2) is 35.0 Å². The number of carbonyl (C=O) groups excluding carboxylic acids is 1. The molecule has 2 N–H and O–H groups in total. The number of rotatable bonds is 3. The van der Waals surface area contributed by atoms with Gasteiger partial charge in [-0.15, -0.1) is 11.8 Å². The normalized spacial score (nSPS) is 18.7. The van der Waals surface area contributed by atoms with E-state index in [-0.39, 0.29) is 17.6 Å². The van der Waals surface area contributed by atoms with Gasteiger partial charge in [0, 0.05) is 18.2 Å². The molecule has 1 amide bonds. The highest BCUT2D eigenvalue weighted by molar-refractivity contribution is 7.99. The first-order valence-corrected chi connectivity index (χ1v) is 7.12. The molecule has 2 rings (SSSR count). The molecule has 98 valence electrons. The molecule has 3 nitrogen and oxygen atoms in total. The predicted molar refractivity (Wildman–Crippen MR) is 71.8 cm³/mol. The lowest BCUT2D eigenvalue weighted by atomic mass is 9.93. The molecule has 0 spiro atoms. The Labute approximate surface area is 111 Å². The van der Waals surface area contributed by atoms with Gasteiger partial charge in [-0.05, 0) is 17.7 Å². The predicted octanol–water partition coefficient (Wildman–Crippen LogP) is 1.79. The van der Waals surface area contributed by atoms with Crippen molar-refractivity contribution in [1.82, 2.24) is 4.90 Å². The van der Waals surface area contributed by atoms with Gasteiger partial charge in [-0.25, -0.2) is 4.39 Å². The zero-order chi connectivity index (χ0) is 13.1. The molecule has 0 radical (unpaired) electrons. The minimum atomic E-state index is -0.561. The Bertz CT molecular complexity index is 418. The van der Waals surface area contributed by atoms with Gasteiger partial charge < -0.3 is 10.6 Å². The highest BCUT2D eigenvalue weighted by Crippen LogP contribution is 2.22. The largest absolute Gasteiger partial charge is 0.331 e. The fraction of sp³-hybridized carbons (Fsp3) is 0.462. The standard InChI is InChI=1S/C13H17FN2OS/c1-9(10-2-4-11(14)5-3-10)12(15)13(17)16-6-7-18-8-16/h2-5,9,12H,6-8,15H2,1H3/t9-,12?/m0/s1. The third-order valence-corrected chi connectivity index (χ3v) is 4.25. The van der Waals surface area contributed by atoms with Gasteiger partial charge in [0.25, 0.3) is 0 Å². The molecule has 1 aromatic carbocycles. The Kier molecular flexibility index (Phi) is 4.24. The molecule has 5 heteroatoms. The average Bonchev–Trinajstić information content (AvgIpc) is 2.91. The third kappa shape index (κ3) is 2.84. The van der Waals surface area contributed by atoms with Crippen LogP contribution in [0.4, 0.5) is 4.39 Å². The summed E-state index contributed by atoms with van der Waals surface area (Å²) in [5, 5.41) is 0. The van der Waals surface area contributed by atoms with Crippen molar-refractivity contribution in [2.24, 2.45) is 5.73 Å². The van der Waals surface area contributed by atoms with Crippen LogP contribution in [0.25, 0.3) is 0 Å². The summed E-state index contributed by atoms with van der Waals surface area (Å²) in [5.74, 6) is 1.30. The summed E-state index contributed by atoms with van der Waals surface area (Å²) < 4.78 is 12.8. The Morgan fingerprint density at radius 1 is 1.44 bits per heavy atom. The smallest absolute Gasteiger partial charge is 0.240 e. The lowest BCUT2D eigenvalue weighted by Gasteiger charge is -2.24. The summed E-state index contributed by atoms with van der Waals surface area (Å²) in [5.41, 5.74) is 6.91. The molecule has 0 aromatic heterocycles. The van der Waals surface area contributed by atoms with Crippen LogP contribution in [0.5, 0.6) is 0 Å². The molecule has 0 bridgehead atoms. The summed E-state index contributed by atoms with van der Waals surface area (Å²) in [6.45, 7) is 2.67. The number of hydrogen-bond donors (Lipinski definition) is 1. The topological polar surface area (TPSA) is 46.3 Å². The van der Waals surface area contributed by atoms with E-state index in [9.17, 15) is 9.18 Å². The van der Waals surface area contributed by atoms with Crippen LogP contribution >= 0.6 is 11.8 Å². The Hall–Kier alpha value is -1.07. The van der Waals surface area contributed by atoms with Gasteiger partial charge in [0.2, 0.25) is 5.91 Å². The van der Waals surface area contributed by atoms with Gasteiger partial charge in [-0.1, -0.05) is 19.1 Å². The van der Waals surface area contributed by atoms with Gasteiger partial charge >= 0.3 is 0 Å². The van der Waals surface area contributed by atoms with Crippen molar-refractivity contribution in [3.63, 3.8) is 0 Å². The molecule has 1 aliphatic rings. The number of benzene rings is 1. The number of amides is 1. The number of carbonyl (C=O) groups is 1. The summed E-state index contributed by atoms with van der Waals surface area (Å²) >= 11 is 1.74. The Balaban J connectivity index is 2.05. The zero-order valence-electron chi connectivity index (χ0n) is 10.3. The van der Waals surface area contributed by atoms with Crippen LogP contribution in [0.3, 0.4) is 0 Å². The van der Waals surface area contributed by atoms with E-state index in [4.69, 9.17) is 5.73 Å². The van der Waals surface area contributed by atoms with Crippen LogP contribution < -0.4 is 5.73 Å². The fourth-order valence-electron chi connectivity index (χ4n) is 1.99. The van der Waals surface area contributed by atoms with Gasteiger partial charge in [-0.3, -0.25) is 4.79 Å². The second-order valence-electron chi connectivity index (χ2n) is 4.51. The molecular weight excluding hydrogens is 251 g/mol. The molecule has 2 atom stereocenters. The van der Waals surface area contributed by atoms with Crippen molar-refractivity contribution in [1.29, 1.82) is 0 Å². The number of hydrogen-bond acceptors (Lipinski definition) is 3. The lowest BCUT2D eigenvalue weighted by molar-refractivity contribution is -0.131. The third-order valence-electron chi connectivity index (χ3n) is 3.28. The molecule has 1 fully saturated rings. The van der Waals surface area contributed by atoms with E-state index in [1.165, 1.54) is 12.1 Å². The minimum absolute atomic E-state index is 0.0168. The SMILES string of the molecule is C[C@@H](c1ccc(F)cc1)C(N)C(=O)N1CCSC1. The molecule has 1 unspecified atom stereocenters. The number of halogens is 1. The first-order chi connectivity index (χ1) is 8.59. The lowest BCUT2D eigenvalue weighted by Crippen LogP contribution is -2.45. The van der Waals surface area contributed by atoms with Crippen molar-refractivity contribution in [3.05, 3.63) is 35.6 Å². The fourth-order valence-corrected chi connectivity index (χ4v) is 2.94. The van der Waals surface area contributed by atoms with Crippen LogP contribution in [0.2, 0.25) is 0 Å². The van der Waals surface area contributed by atoms with Gasteiger partial charge in [-0.2, -0.15) is 0 Å². The van der Waals surface area contributed by atoms with Crippen LogP contribution in [0, 0.1) is 5.82 Å². The summed E-state index contributed by atoms with van der Waals surface area (Å²) in [4.78, 5) is 13.9. The quantitative estimate of drug-likeness (QED) is 0.909. The van der Waals surface area contributed by atoms with Crippen molar-refractivity contribution >= 4 is 17.7 Å². The summed E-state index contributed by atoms with van der Waals surface area (Å²) in [7, 11) is 0. The van der Waals surface area contributed by atoms with E-state index in [0.717, 1.165) is 23.7 Å². The van der Waals surface area contributed by atoms with Crippen molar-refractivity contribution in [3.8, 4) is 0 Å². The molecular formula is C13H17FN2OS. The second-order valence-corrected chi connectivity index (χ2v) is 5.58. The van der Waals surface area contributed by atoms with E-state index in [1.54, 1.807) is 28.8 Å². The summed E-state index contributed by atoms with van der Waals surface area (Å²) in [6, 6.07) is 5.61. The molecule has 18 heavy (non-hydrogen) atoms. The van der Waals surface area contributed by atoms with E-state index in [0.29, 0.717) is 0 Å². The molecule has 1 aromatic rings. The van der Waals surface area contributed by atoms with Crippen LogP contribution in [0.1, 0.15) is 18.4 Å². The highest BCUT2D eigenvalue weighted by Gasteiger charge is 2.28. The monoisotopic (exact) mass is 268 g/mol. The maximum atomic E-state index is 12.8. The van der Waals surface area contributed by atoms with Gasteiger partial charge in [0.05, 0.1) is 11.9 Å². The van der Waals surface area contributed by atoms with Crippen molar-refractivity contribution in [2.75, 3.05) is 18.2 Å². The van der Waals surface area contributed by atoms with Crippen LogP contribution in [-0.2, 0) is 4.79 Å². The van der Waals surface area contributed by atoms with E-state index in [2.05, 4.69) is 0 Å². The summed E-state index contributed by atoms with van der Waals surface area (Å²) in [6.07, 6.45) is 0. The molecule has 1 saturated heterocycles. The van der Waals surface area contributed by atoms with E-state index in [1.807, 2.05) is 6.92 Å². The number of thioether (sulfide) groups is 1. The van der Waals surface area contributed by atoms with E-state index >= 15 is 0 Å². The number of nitrogens with zero attached hydrogens (tertiary/aromatic N) is 1. The second kappa shape index (κ2) is 5.71. The minimum Gasteiger partial charge on any atom is -0.331 e. The van der Waals surface area contributed by atoms with Gasteiger partial charge in [0.1, 0.15) is 5.82 Å². The van der Waals surface area contributed by atoms with E-state index < -0.39 is 6.04 Å². The maximum Gasteiger partial charge on any atom is 0.240 e. The molecule has 0 saturated carbocycles. The molecule has 0 aliphatic carbocycles. The molecule has 1 aliphatic heterocycles. The first-order valence-electron chi connectivity index (χ1n) is 5.97. The van der Waals surface area contributed by atoms with Gasteiger partial charge in [0.15, 0.2) is 0 Å². The molecule has 1 heterocycles. The number of nitrogens with two attached hydrogens (primary N) is 1. The Morgan fingerprint density at radius 2 is 2.11 bits per heavy atom. The maximum absolute atomic E-state index is 12.8. The zero-order valence-corrected chi connectivity index (χ0v) is 11.1. The Morgan fingerprint density at radius 3 is 2.67 bits per heavy atom. The van der Waals surface area contributed by atoms with Crippen molar-refractivity contribution in [2.45, 2.75) is 18.9 Å². The van der Waals surface area contributed by atoms with Crippen molar-refractivity contribution < 1.29 is 9.18 Å².